The fraction of sp³-hybridized carbons (Fsp3) is 0.381. The summed E-state index contributed by atoms with van der Waals surface area (Å²) in [5, 5.41) is 9.47. The molecule has 0 radical (unpaired) electrons. The van der Waals surface area contributed by atoms with Crippen LogP contribution in [0.3, 0.4) is 0 Å². The van der Waals surface area contributed by atoms with Crippen molar-refractivity contribution in [2.75, 3.05) is 11.5 Å². The molecule has 1 fully saturated rings. The van der Waals surface area contributed by atoms with Crippen LogP contribution in [0.15, 0.2) is 36.4 Å². The first-order valence-corrected chi connectivity index (χ1v) is 9.35. The molecule has 5 nitrogen and oxygen atoms in total. The lowest BCUT2D eigenvalue weighted by molar-refractivity contribution is -0.137. The van der Waals surface area contributed by atoms with Gasteiger partial charge in [0.1, 0.15) is 0 Å². The summed E-state index contributed by atoms with van der Waals surface area (Å²) in [6.07, 6.45) is -1.52. The van der Waals surface area contributed by atoms with Crippen LogP contribution < -0.4 is 11.5 Å². The second-order valence-corrected chi connectivity index (χ2v) is 7.36. The van der Waals surface area contributed by atoms with Gasteiger partial charge in [-0.2, -0.15) is 13.2 Å². The number of anilines is 2. The molecule has 1 aliphatic rings. The number of halogens is 3. The van der Waals surface area contributed by atoms with Crippen molar-refractivity contribution in [3.63, 3.8) is 0 Å². The van der Waals surface area contributed by atoms with Crippen LogP contribution in [0.4, 0.5) is 24.5 Å². The fourth-order valence-electron chi connectivity index (χ4n) is 3.85. The highest BCUT2D eigenvalue weighted by Gasteiger charge is 2.30. The Bertz CT molecular complexity index is 874. The largest absolute Gasteiger partial charge is 0.478 e. The van der Waals surface area contributed by atoms with Gasteiger partial charge in [0.25, 0.3) is 0 Å². The number of nitrogen functional groups attached to an aromatic ring is 2. The Hall–Kier alpha value is -2.74. The topological polar surface area (TPSA) is 98.6 Å². The molecule has 0 unspecified atom stereocenters. The lowest BCUT2D eigenvalue weighted by Gasteiger charge is -2.30. The van der Waals surface area contributed by atoms with Gasteiger partial charge in [-0.1, -0.05) is 12.1 Å². The molecule has 2 aromatic rings. The molecule has 1 aliphatic carbocycles. The molecule has 156 valence electrons. The zero-order valence-electron chi connectivity index (χ0n) is 15.7. The van der Waals surface area contributed by atoms with Crippen molar-refractivity contribution >= 4 is 17.3 Å². The second kappa shape index (κ2) is 8.32. The van der Waals surface area contributed by atoms with Crippen molar-refractivity contribution in [1.82, 2.24) is 0 Å². The molecule has 1 saturated carbocycles. The molecule has 29 heavy (non-hydrogen) atoms. The minimum Gasteiger partial charge on any atom is -0.478 e. The Morgan fingerprint density at radius 1 is 1.07 bits per heavy atom. The normalized spacial score (nSPS) is 19.8. The Labute approximate surface area is 166 Å². The van der Waals surface area contributed by atoms with Gasteiger partial charge in [0.2, 0.25) is 0 Å². The Kier molecular flexibility index (Phi) is 6.02. The number of aromatic carboxylic acids is 1. The molecule has 0 amide bonds. The number of nitrogens with two attached hydrogens (primary N) is 2. The van der Waals surface area contributed by atoms with E-state index in [1.54, 1.807) is 6.07 Å². The van der Waals surface area contributed by atoms with Gasteiger partial charge >= 0.3 is 12.1 Å². The van der Waals surface area contributed by atoms with Gasteiger partial charge in [0.05, 0.1) is 23.8 Å². The standard InChI is InChI=1S/C21H23F3N2O3/c22-21(23,24)14-5-1-12(2-6-14)11-29-16-7-3-13(4-8-16)19-17(20(27)28)9-15(25)10-18(19)26/h1-2,5-6,9-10,13,16H,3-4,7-8,11,25-26H2,(H,27,28). The maximum Gasteiger partial charge on any atom is 0.416 e. The summed E-state index contributed by atoms with van der Waals surface area (Å²) in [5.41, 5.74) is 13.2. The highest BCUT2D eigenvalue weighted by atomic mass is 19.4. The van der Waals surface area contributed by atoms with Crippen molar-refractivity contribution in [3.8, 4) is 0 Å². The third kappa shape index (κ3) is 5.00. The summed E-state index contributed by atoms with van der Waals surface area (Å²) < 4.78 is 43.7. The smallest absolute Gasteiger partial charge is 0.416 e. The first-order valence-electron chi connectivity index (χ1n) is 9.35. The lowest BCUT2D eigenvalue weighted by Crippen LogP contribution is -2.22. The third-order valence-corrected chi connectivity index (χ3v) is 5.31. The predicted molar refractivity (Wildman–Crippen MR) is 103 cm³/mol. The van der Waals surface area contributed by atoms with Crippen LogP contribution in [-0.4, -0.2) is 17.2 Å². The van der Waals surface area contributed by atoms with E-state index in [-0.39, 0.29) is 24.2 Å². The molecule has 0 aromatic heterocycles. The van der Waals surface area contributed by atoms with Crippen molar-refractivity contribution in [2.45, 2.75) is 50.5 Å². The number of alkyl halides is 3. The van der Waals surface area contributed by atoms with E-state index in [1.807, 2.05) is 0 Å². The monoisotopic (exact) mass is 408 g/mol. The first-order chi connectivity index (χ1) is 13.6. The molecule has 0 bridgehead atoms. The van der Waals surface area contributed by atoms with E-state index in [0.717, 1.165) is 12.1 Å². The number of carbonyl (C=O) groups is 1. The van der Waals surface area contributed by atoms with Crippen molar-refractivity contribution in [1.29, 1.82) is 0 Å². The Morgan fingerprint density at radius 3 is 2.24 bits per heavy atom. The summed E-state index contributed by atoms with van der Waals surface area (Å²) in [4.78, 5) is 11.6. The quantitative estimate of drug-likeness (QED) is 0.617. The second-order valence-electron chi connectivity index (χ2n) is 7.36. The van der Waals surface area contributed by atoms with Crippen molar-refractivity contribution in [3.05, 3.63) is 58.7 Å². The number of ether oxygens (including phenoxy) is 1. The lowest BCUT2D eigenvalue weighted by atomic mass is 9.80. The molecule has 2 aromatic carbocycles. The molecule has 8 heteroatoms. The highest BCUT2D eigenvalue weighted by Crippen LogP contribution is 2.39. The number of carboxylic acids is 1. The summed E-state index contributed by atoms with van der Waals surface area (Å²) in [6, 6.07) is 7.95. The average Bonchev–Trinajstić information content (AvgIpc) is 2.66. The molecule has 0 heterocycles. The SMILES string of the molecule is Nc1cc(N)c(C2CCC(OCc3ccc(C(F)(F)F)cc3)CC2)c(C(=O)O)c1. The molecule has 0 spiro atoms. The number of benzene rings is 2. The van der Waals surface area contributed by atoms with Crippen molar-refractivity contribution < 1.29 is 27.8 Å². The Morgan fingerprint density at radius 2 is 1.69 bits per heavy atom. The van der Waals surface area contributed by atoms with Gasteiger partial charge in [0.15, 0.2) is 0 Å². The minimum atomic E-state index is -4.35. The fourth-order valence-corrected chi connectivity index (χ4v) is 3.85. The van der Waals surface area contributed by atoms with Gasteiger partial charge < -0.3 is 21.3 Å². The van der Waals surface area contributed by atoms with Gasteiger partial charge in [-0.15, -0.1) is 0 Å². The van der Waals surface area contributed by atoms with Crippen molar-refractivity contribution in [2.24, 2.45) is 0 Å². The van der Waals surface area contributed by atoms with Crippen LogP contribution in [0.25, 0.3) is 0 Å². The maximum atomic E-state index is 12.6. The molecular formula is C21H23F3N2O3. The van der Waals surface area contributed by atoms with E-state index in [4.69, 9.17) is 16.2 Å². The van der Waals surface area contributed by atoms with Gasteiger partial charge in [-0.05, 0) is 67.0 Å². The van der Waals surface area contributed by atoms with Crippen LogP contribution in [0.5, 0.6) is 0 Å². The van der Waals surface area contributed by atoms with Crippen LogP contribution in [0.1, 0.15) is 58.6 Å². The number of carboxylic acid groups (broad SMARTS) is 1. The molecular weight excluding hydrogens is 385 g/mol. The maximum absolute atomic E-state index is 12.6. The zero-order valence-corrected chi connectivity index (χ0v) is 15.7. The van der Waals surface area contributed by atoms with E-state index in [2.05, 4.69) is 0 Å². The van der Waals surface area contributed by atoms with Crippen LogP contribution in [-0.2, 0) is 17.5 Å². The van der Waals surface area contributed by atoms with E-state index < -0.39 is 17.7 Å². The molecule has 5 N–H and O–H groups in total. The summed E-state index contributed by atoms with van der Waals surface area (Å²) in [6.45, 7) is 0.234. The van der Waals surface area contributed by atoms with E-state index >= 15 is 0 Å². The van der Waals surface area contributed by atoms with E-state index in [9.17, 15) is 23.1 Å². The molecule has 0 atom stereocenters. The average molecular weight is 408 g/mol. The summed E-state index contributed by atoms with van der Waals surface area (Å²) in [5.74, 6) is -1.05. The van der Waals surface area contributed by atoms with E-state index in [1.165, 1.54) is 18.2 Å². The first kappa shape index (κ1) is 21.0. The van der Waals surface area contributed by atoms with Gasteiger partial charge in [-0.25, -0.2) is 4.79 Å². The van der Waals surface area contributed by atoms with Crippen LogP contribution in [0, 0.1) is 0 Å². The summed E-state index contributed by atoms with van der Waals surface area (Å²) in [7, 11) is 0. The third-order valence-electron chi connectivity index (χ3n) is 5.31. The number of hydrogen-bond acceptors (Lipinski definition) is 4. The highest BCUT2D eigenvalue weighted by molar-refractivity contribution is 5.93. The van der Waals surface area contributed by atoms with E-state index in [0.29, 0.717) is 48.2 Å². The number of rotatable bonds is 5. The zero-order chi connectivity index (χ0) is 21.2. The number of hydrogen-bond donors (Lipinski definition) is 3. The Balaban J connectivity index is 1.58. The predicted octanol–water partition coefficient (Wildman–Crippen LogP) is 4.81. The molecule has 3 rings (SSSR count). The molecule has 0 aliphatic heterocycles. The van der Waals surface area contributed by atoms with Crippen LogP contribution in [0.2, 0.25) is 0 Å². The van der Waals surface area contributed by atoms with Crippen LogP contribution >= 0.6 is 0 Å². The summed E-state index contributed by atoms with van der Waals surface area (Å²) >= 11 is 0. The van der Waals surface area contributed by atoms with Gasteiger partial charge in [0, 0.05) is 11.4 Å². The molecule has 0 saturated heterocycles. The minimum absolute atomic E-state index is 0.00705. The van der Waals surface area contributed by atoms with Gasteiger partial charge in [-0.3, -0.25) is 0 Å².